The lowest BCUT2D eigenvalue weighted by molar-refractivity contribution is 0.194. The van der Waals surface area contributed by atoms with Crippen molar-refractivity contribution in [3.63, 3.8) is 0 Å². The van der Waals surface area contributed by atoms with E-state index in [4.69, 9.17) is 0 Å². The van der Waals surface area contributed by atoms with Crippen molar-refractivity contribution in [2.45, 2.75) is 26.2 Å². The molecule has 2 aromatic carbocycles. The van der Waals surface area contributed by atoms with Gasteiger partial charge in [0.2, 0.25) is 0 Å². The third kappa shape index (κ3) is 3.16. The van der Waals surface area contributed by atoms with E-state index in [2.05, 4.69) is 54.3 Å². The van der Waals surface area contributed by atoms with Crippen LogP contribution in [0.5, 0.6) is 0 Å². The summed E-state index contributed by atoms with van der Waals surface area (Å²) in [6, 6.07) is 15.5. The van der Waals surface area contributed by atoms with Crippen molar-refractivity contribution in [3.8, 4) is 0 Å². The van der Waals surface area contributed by atoms with Gasteiger partial charge in [-0.15, -0.1) is 0 Å². The molecule has 0 unspecified atom stereocenters. The third-order valence-electron chi connectivity index (χ3n) is 4.41. The van der Waals surface area contributed by atoms with Crippen LogP contribution in [0.1, 0.15) is 25.3 Å². The Hall–Kier alpha value is -1.34. The van der Waals surface area contributed by atoms with Gasteiger partial charge in [-0.05, 0) is 54.6 Å². The van der Waals surface area contributed by atoms with Crippen LogP contribution in [0.4, 0.5) is 0 Å². The van der Waals surface area contributed by atoms with E-state index < -0.39 is 0 Å². The van der Waals surface area contributed by atoms with Gasteiger partial charge in [0.25, 0.3) is 0 Å². The SMILES string of the molecule is CC1CCN(CCc2ccc3ccccc3c2)CC1. The minimum Gasteiger partial charge on any atom is -0.303 e. The molecule has 19 heavy (non-hydrogen) atoms. The summed E-state index contributed by atoms with van der Waals surface area (Å²) < 4.78 is 0. The fraction of sp³-hybridized carbons (Fsp3) is 0.444. The molecular weight excluding hydrogens is 230 g/mol. The first-order chi connectivity index (χ1) is 9.31. The number of piperidine rings is 1. The molecule has 1 saturated heterocycles. The van der Waals surface area contributed by atoms with Crippen LogP contribution < -0.4 is 0 Å². The number of hydrogen-bond acceptors (Lipinski definition) is 1. The van der Waals surface area contributed by atoms with Crippen LogP contribution in [0.15, 0.2) is 42.5 Å². The molecule has 1 aliphatic rings. The summed E-state index contributed by atoms with van der Waals surface area (Å²) in [7, 11) is 0. The lowest BCUT2D eigenvalue weighted by Crippen LogP contribution is -2.34. The highest BCUT2D eigenvalue weighted by molar-refractivity contribution is 5.82. The van der Waals surface area contributed by atoms with E-state index in [0.29, 0.717) is 0 Å². The Kier molecular flexibility index (Phi) is 3.84. The number of fused-ring (bicyclic) bond motifs is 1. The Morgan fingerprint density at radius 1 is 1.00 bits per heavy atom. The van der Waals surface area contributed by atoms with E-state index in [0.717, 1.165) is 5.92 Å². The normalized spacial score (nSPS) is 17.9. The molecule has 0 saturated carbocycles. The topological polar surface area (TPSA) is 3.24 Å². The first-order valence-electron chi connectivity index (χ1n) is 7.51. The van der Waals surface area contributed by atoms with E-state index in [-0.39, 0.29) is 0 Å². The molecule has 0 radical (unpaired) electrons. The van der Waals surface area contributed by atoms with Gasteiger partial charge in [0.15, 0.2) is 0 Å². The molecule has 0 aromatic heterocycles. The molecule has 0 aliphatic carbocycles. The zero-order valence-corrected chi connectivity index (χ0v) is 11.8. The van der Waals surface area contributed by atoms with E-state index in [1.54, 1.807) is 0 Å². The summed E-state index contributed by atoms with van der Waals surface area (Å²) in [5.74, 6) is 0.928. The lowest BCUT2D eigenvalue weighted by Gasteiger charge is -2.30. The second kappa shape index (κ2) is 5.75. The fourth-order valence-corrected chi connectivity index (χ4v) is 2.97. The Balaban J connectivity index is 1.62. The van der Waals surface area contributed by atoms with Gasteiger partial charge in [-0.1, -0.05) is 49.4 Å². The molecule has 3 rings (SSSR count). The average Bonchev–Trinajstić information content (AvgIpc) is 2.46. The van der Waals surface area contributed by atoms with Gasteiger partial charge in [-0.3, -0.25) is 0 Å². The highest BCUT2D eigenvalue weighted by Crippen LogP contribution is 2.18. The Bertz CT molecular complexity index is 538. The Labute approximate surface area is 116 Å². The van der Waals surface area contributed by atoms with Crippen molar-refractivity contribution in [1.29, 1.82) is 0 Å². The van der Waals surface area contributed by atoms with Gasteiger partial charge in [0.1, 0.15) is 0 Å². The van der Waals surface area contributed by atoms with Crippen molar-refractivity contribution >= 4 is 10.8 Å². The van der Waals surface area contributed by atoms with Crippen molar-refractivity contribution in [1.82, 2.24) is 4.90 Å². The summed E-state index contributed by atoms with van der Waals surface area (Å²) >= 11 is 0. The van der Waals surface area contributed by atoms with Gasteiger partial charge in [-0.25, -0.2) is 0 Å². The first kappa shape index (κ1) is 12.7. The first-order valence-corrected chi connectivity index (χ1v) is 7.51. The number of benzene rings is 2. The van der Waals surface area contributed by atoms with Gasteiger partial charge in [0.05, 0.1) is 0 Å². The predicted molar refractivity (Wildman–Crippen MR) is 82.5 cm³/mol. The van der Waals surface area contributed by atoms with Crippen molar-refractivity contribution < 1.29 is 0 Å². The summed E-state index contributed by atoms with van der Waals surface area (Å²) in [5.41, 5.74) is 1.47. The van der Waals surface area contributed by atoms with Crippen LogP contribution in [-0.2, 0) is 6.42 Å². The van der Waals surface area contributed by atoms with Crippen LogP contribution in [0.25, 0.3) is 10.8 Å². The summed E-state index contributed by atoms with van der Waals surface area (Å²) in [6.07, 6.45) is 3.93. The summed E-state index contributed by atoms with van der Waals surface area (Å²) in [5, 5.41) is 2.71. The summed E-state index contributed by atoms with van der Waals surface area (Å²) in [4.78, 5) is 2.62. The lowest BCUT2D eigenvalue weighted by atomic mass is 9.98. The van der Waals surface area contributed by atoms with E-state index >= 15 is 0 Å². The maximum absolute atomic E-state index is 2.62. The fourth-order valence-electron chi connectivity index (χ4n) is 2.97. The molecule has 1 heteroatoms. The number of nitrogens with zero attached hydrogens (tertiary/aromatic N) is 1. The highest BCUT2D eigenvalue weighted by Gasteiger charge is 2.14. The van der Waals surface area contributed by atoms with Crippen molar-refractivity contribution in [2.24, 2.45) is 5.92 Å². The highest BCUT2D eigenvalue weighted by atomic mass is 15.1. The molecule has 100 valence electrons. The molecule has 2 aromatic rings. The third-order valence-corrected chi connectivity index (χ3v) is 4.41. The van der Waals surface area contributed by atoms with Gasteiger partial charge in [-0.2, -0.15) is 0 Å². The zero-order valence-electron chi connectivity index (χ0n) is 11.8. The average molecular weight is 253 g/mol. The molecule has 0 N–H and O–H groups in total. The molecule has 1 aliphatic heterocycles. The number of hydrogen-bond donors (Lipinski definition) is 0. The second-order valence-electron chi connectivity index (χ2n) is 5.96. The van der Waals surface area contributed by atoms with Gasteiger partial charge >= 0.3 is 0 Å². The molecule has 1 heterocycles. The van der Waals surface area contributed by atoms with E-state index in [1.165, 1.54) is 55.2 Å². The monoisotopic (exact) mass is 253 g/mol. The molecule has 0 atom stereocenters. The number of likely N-dealkylation sites (tertiary alicyclic amines) is 1. The predicted octanol–water partition coefficient (Wildman–Crippen LogP) is 4.11. The number of rotatable bonds is 3. The van der Waals surface area contributed by atoms with Crippen LogP contribution in [0.2, 0.25) is 0 Å². The minimum absolute atomic E-state index is 0.928. The van der Waals surface area contributed by atoms with Crippen molar-refractivity contribution in [3.05, 3.63) is 48.0 Å². The smallest absolute Gasteiger partial charge is 0.00218 e. The Morgan fingerprint density at radius 3 is 2.53 bits per heavy atom. The molecule has 1 nitrogen and oxygen atoms in total. The molecule has 0 bridgehead atoms. The van der Waals surface area contributed by atoms with Gasteiger partial charge < -0.3 is 4.90 Å². The maximum Gasteiger partial charge on any atom is 0.00218 e. The maximum atomic E-state index is 2.62. The molecule has 0 amide bonds. The van der Waals surface area contributed by atoms with Crippen molar-refractivity contribution in [2.75, 3.05) is 19.6 Å². The summed E-state index contributed by atoms with van der Waals surface area (Å²) in [6.45, 7) is 6.16. The Morgan fingerprint density at radius 2 is 1.74 bits per heavy atom. The van der Waals surface area contributed by atoms with Crippen LogP contribution in [0, 0.1) is 5.92 Å². The van der Waals surface area contributed by atoms with Gasteiger partial charge in [0, 0.05) is 6.54 Å². The minimum atomic E-state index is 0.928. The van der Waals surface area contributed by atoms with E-state index in [1.807, 2.05) is 0 Å². The molecule has 0 spiro atoms. The standard InChI is InChI=1S/C18H23N/c1-15-8-11-19(12-9-15)13-10-16-6-7-17-4-2-3-5-18(17)14-16/h2-7,14-15H,8-13H2,1H3. The van der Waals surface area contributed by atoms with E-state index in [9.17, 15) is 0 Å². The molecule has 1 fully saturated rings. The second-order valence-corrected chi connectivity index (χ2v) is 5.96. The van der Waals surface area contributed by atoms with Crippen LogP contribution >= 0.6 is 0 Å². The van der Waals surface area contributed by atoms with Crippen LogP contribution in [-0.4, -0.2) is 24.5 Å². The zero-order chi connectivity index (χ0) is 13.1. The van der Waals surface area contributed by atoms with Crippen LogP contribution in [0.3, 0.4) is 0 Å². The largest absolute Gasteiger partial charge is 0.303 e. The quantitative estimate of drug-likeness (QED) is 0.795. The molecular formula is C18H23N.